The third-order valence-corrected chi connectivity index (χ3v) is 2.34. The van der Waals surface area contributed by atoms with Crippen molar-refractivity contribution in [3.63, 3.8) is 0 Å². The normalized spacial score (nSPS) is 10.5. The molecule has 3 aromatic heterocycles. The summed E-state index contributed by atoms with van der Waals surface area (Å²) in [7, 11) is 0. The van der Waals surface area contributed by atoms with E-state index in [1.165, 1.54) is 0 Å². The number of nitrogens with zero attached hydrogens (tertiary/aromatic N) is 4. The molecule has 0 radical (unpaired) electrons. The van der Waals surface area contributed by atoms with Gasteiger partial charge in [0.2, 0.25) is 11.6 Å². The molecule has 0 fully saturated rings. The van der Waals surface area contributed by atoms with Crippen LogP contribution in [0.3, 0.4) is 0 Å². The molecule has 19 heavy (non-hydrogen) atoms. The van der Waals surface area contributed by atoms with Crippen LogP contribution in [-0.4, -0.2) is 25.4 Å². The Bertz CT molecular complexity index is 716. The number of anilines is 1. The lowest BCUT2D eigenvalue weighted by atomic mass is 10.3. The van der Waals surface area contributed by atoms with Crippen molar-refractivity contribution < 1.29 is 9.15 Å². The van der Waals surface area contributed by atoms with Crippen LogP contribution in [0.4, 0.5) is 5.82 Å². The molecule has 0 bridgehead atoms. The van der Waals surface area contributed by atoms with Gasteiger partial charge in [0.05, 0.1) is 0 Å². The number of hydrogen-bond donors (Lipinski definition) is 2. The number of aromatic nitrogens is 5. The van der Waals surface area contributed by atoms with Gasteiger partial charge in [0, 0.05) is 18.9 Å². The largest absolute Gasteiger partial charge is 0.439 e. The molecule has 0 saturated heterocycles. The average Bonchev–Trinajstić information content (AvgIpc) is 3.06. The van der Waals surface area contributed by atoms with E-state index < -0.39 is 5.76 Å². The van der Waals surface area contributed by atoms with E-state index in [9.17, 15) is 4.79 Å². The van der Waals surface area contributed by atoms with Gasteiger partial charge in [-0.25, -0.2) is 9.42 Å². The van der Waals surface area contributed by atoms with Gasteiger partial charge in [0.1, 0.15) is 0 Å². The number of nitrogens with one attached hydrogen (secondary N) is 2. The van der Waals surface area contributed by atoms with Crippen LogP contribution in [0.25, 0.3) is 11.5 Å². The summed E-state index contributed by atoms with van der Waals surface area (Å²) in [6, 6.07) is 3.74. The topological polar surface area (TPSA) is 123 Å². The van der Waals surface area contributed by atoms with E-state index in [0.717, 1.165) is 5.56 Å². The van der Waals surface area contributed by atoms with E-state index in [1.807, 2.05) is 12.1 Å². The van der Waals surface area contributed by atoms with Crippen molar-refractivity contribution in [2.24, 2.45) is 0 Å². The van der Waals surface area contributed by atoms with Gasteiger partial charge in [0.25, 0.3) is 0 Å². The lowest BCUT2D eigenvalue weighted by Crippen LogP contribution is -2.02. The Labute approximate surface area is 105 Å². The third kappa shape index (κ3) is 2.34. The van der Waals surface area contributed by atoms with Crippen molar-refractivity contribution in [1.29, 1.82) is 0 Å². The molecule has 0 atom stereocenters. The van der Waals surface area contributed by atoms with Gasteiger partial charge in [-0.2, -0.15) is 0 Å². The molecule has 0 unspecified atom stereocenters. The van der Waals surface area contributed by atoms with Crippen LogP contribution >= 0.6 is 0 Å². The highest BCUT2D eigenvalue weighted by molar-refractivity contribution is 5.63. The van der Waals surface area contributed by atoms with Crippen LogP contribution in [0.2, 0.25) is 0 Å². The van der Waals surface area contributed by atoms with Gasteiger partial charge in [0.15, 0.2) is 5.69 Å². The van der Waals surface area contributed by atoms with Crippen LogP contribution in [0, 0.1) is 0 Å². The molecule has 9 heteroatoms. The van der Waals surface area contributed by atoms with Crippen molar-refractivity contribution in [1.82, 2.24) is 25.4 Å². The van der Waals surface area contributed by atoms with Crippen LogP contribution in [0.5, 0.6) is 0 Å². The molecule has 0 aliphatic rings. The van der Waals surface area contributed by atoms with Crippen molar-refractivity contribution in [2.45, 2.75) is 6.54 Å². The summed E-state index contributed by atoms with van der Waals surface area (Å²) in [5.41, 5.74) is 1.24. The third-order valence-electron chi connectivity index (χ3n) is 2.34. The summed E-state index contributed by atoms with van der Waals surface area (Å²) in [4.78, 5) is 17.2. The molecular weight excluding hydrogens is 252 g/mol. The van der Waals surface area contributed by atoms with Crippen molar-refractivity contribution >= 4 is 5.82 Å². The fourth-order valence-corrected chi connectivity index (χ4v) is 1.48. The van der Waals surface area contributed by atoms with Crippen LogP contribution in [0.15, 0.2) is 38.5 Å². The van der Waals surface area contributed by atoms with Gasteiger partial charge >= 0.3 is 5.76 Å². The molecule has 0 aliphatic carbocycles. The maximum Gasteiger partial charge on any atom is 0.439 e. The summed E-state index contributed by atoms with van der Waals surface area (Å²) in [5, 5.41) is 13.9. The first kappa shape index (κ1) is 11.1. The predicted octanol–water partition coefficient (Wildman–Crippen LogP) is 0.420. The fourth-order valence-electron chi connectivity index (χ4n) is 1.48. The smallest absolute Gasteiger partial charge is 0.361 e. The number of hydrogen-bond acceptors (Lipinski definition) is 8. The monoisotopic (exact) mass is 260 g/mol. The van der Waals surface area contributed by atoms with E-state index in [2.05, 4.69) is 39.9 Å². The second kappa shape index (κ2) is 4.72. The Morgan fingerprint density at radius 3 is 3.00 bits per heavy atom. The van der Waals surface area contributed by atoms with E-state index in [0.29, 0.717) is 12.4 Å². The molecule has 9 nitrogen and oxygen atoms in total. The second-order valence-corrected chi connectivity index (χ2v) is 3.62. The SMILES string of the molecule is O=c1[nH]c(-c2nonc2NCc2cccnc2)no1. The van der Waals surface area contributed by atoms with Crippen molar-refractivity contribution in [3.8, 4) is 11.5 Å². The Kier molecular flexibility index (Phi) is 2.77. The standard InChI is InChI=1S/C10H8N6O3/c17-10-13-9(15-18-10)7-8(16-19-14-7)12-5-6-2-1-3-11-4-6/h1-4H,5H2,(H,12,16)(H,13,15,17). The minimum atomic E-state index is -0.670. The highest BCUT2D eigenvalue weighted by Crippen LogP contribution is 2.19. The molecule has 2 N–H and O–H groups in total. The average molecular weight is 260 g/mol. The maximum atomic E-state index is 10.9. The van der Waals surface area contributed by atoms with E-state index in [1.54, 1.807) is 12.4 Å². The van der Waals surface area contributed by atoms with Gasteiger partial charge < -0.3 is 5.32 Å². The lowest BCUT2D eigenvalue weighted by Gasteiger charge is -2.01. The van der Waals surface area contributed by atoms with Gasteiger partial charge in [-0.1, -0.05) is 11.2 Å². The highest BCUT2D eigenvalue weighted by atomic mass is 16.6. The quantitative estimate of drug-likeness (QED) is 0.691. The molecule has 3 aromatic rings. The first-order valence-corrected chi connectivity index (χ1v) is 5.34. The zero-order valence-corrected chi connectivity index (χ0v) is 9.53. The molecular formula is C10H8N6O3. The van der Waals surface area contributed by atoms with Crippen molar-refractivity contribution in [2.75, 3.05) is 5.32 Å². The molecule has 3 heterocycles. The van der Waals surface area contributed by atoms with Crippen LogP contribution in [-0.2, 0) is 6.54 Å². The Balaban J connectivity index is 1.79. The Morgan fingerprint density at radius 1 is 1.32 bits per heavy atom. The molecule has 0 aromatic carbocycles. The molecule has 0 amide bonds. The first-order chi connectivity index (χ1) is 9.33. The fraction of sp³-hybridized carbons (Fsp3) is 0.100. The van der Waals surface area contributed by atoms with Crippen LogP contribution in [0.1, 0.15) is 5.56 Å². The zero-order chi connectivity index (χ0) is 13.1. The minimum absolute atomic E-state index is 0.153. The summed E-state index contributed by atoms with van der Waals surface area (Å²) >= 11 is 0. The Hall–Kier alpha value is -2.97. The van der Waals surface area contributed by atoms with Crippen molar-refractivity contribution in [3.05, 3.63) is 40.6 Å². The van der Waals surface area contributed by atoms with Crippen LogP contribution < -0.4 is 11.1 Å². The number of aromatic amines is 1. The summed E-state index contributed by atoms with van der Waals surface area (Å²) in [6.07, 6.45) is 3.41. The second-order valence-electron chi connectivity index (χ2n) is 3.62. The molecule has 0 aliphatic heterocycles. The highest BCUT2D eigenvalue weighted by Gasteiger charge is 2.16. The zero-order valence-electron chi connectivity index (χ0n) is 9.53. The molecule has 3 rings (SSSR count). The number of H-pyrrole nitrogens is 1. The van der Waals surface area contributed by atoms with Gasteiger partial charge in [-0.05, 0) is 21.9 Å². The van der Waals surface area contributed by atoms with E-state index in [4.69, 9.17) is 0 Å². The predicted molar refractivity (Wildman–Crippen MR) is 62.0 cm³/mol. The van der Waals surface area contributed by atoms with Gasteiger partial charge in [-0.15, -0.1) is 0 Å². The molecule has 96 valence electrons. The Morgan fingerprint density at radius 2 is 2.26 bits per heavy atom. The summed E-state index contributed by atoms with van der Waals surface area (Å²) < 4.78 is 9.01. The number of rotatable bonds is 4. The van der Waals surface area contributed by atoms with E-state index >= 15 is 0 Å². The minimum Gasteiger partial charge on any atom is -0.361 e. The number of pyridine rings is 1. The summed E-state index contributed by atoms with van der Waals surface area (Å²) in [5.74, 6) is -0.162. The summed E-state index contributed by atoms with van der Waals surface area (Å²) in [6.45, 7) is 0.483. The maximum absolute atomic E-state index is 10.9. The van der Waals surface area contributed by atoms with Gasteiger partial charge in [-0.3, -0.25) is 14.5 Å². The lowest BCUT2D eigenvalue weighted by molar-refractivity contribution is 0.309. The molecule has 0 spiro atoms. The first-order valence-electron chi connectivity index (χ1n) is 5.34. The molecule has 0 saturated carbocycles. The van der Waals surface area contributed by atoms with E-state index in [-0.39, 0.29) is 11.5 Å².